The number of benzene rings is 2. The molecular weight excluding hydrogens is 404 g/mol. The van der Waals surface area contributed by atoms with Crippen LogP contribution in [-0.2, 0) is 14.8 Å². The number of rotatable bonds is 6. The van der Waals surface area contributed by atoms with Crippen molar-refractivity contribution in [1.82, 2.24) is 4.31 Å². The standard InChI is InChI=1S/C22H26N2O5S/c1-15-12-20(9-10-21(15)29-3)30(27,28)24-11-5-7-18(14-24)22(26)23-19-8-4-6-17(13-19)16(2)25/h4,6,8-10,12-13,18H,5,7,11,14H2,1-3H3,(H,23,26)/t18-/m0/s1. The van der Waals surface area contributed by atoms with Crippen molar-refractivity contribution in [1.29, 1.82) is 0 Å². The van der Waals surface area contributed by atoms with Crippen molar-refractivity contribution in [2.75, 3.05) is 25.5 Å². The molecule has 1 N–H and O–H groups in total. The average molecular weight is 431 g/mol. The van der Waals surface area contributed by atoms with E-state index in [1.165, 1.54) is 24.4 Å². The number of carbonyl (C=O) groups is 2. The van der Waals surface area contributed by atoms with Gasteiger partial charge < -0.3 is 10.1 Å². The van der Waals surface area contributed by atoms with Gasteiger partial charge in [-0.05, 0) is 62.6 Å². The average Bonchev–Trinajstić information content (AvgIpc) is 2.74. The Kier molecular flexibility index (Phi) is 6.58. The van der Waals surface area contributed by atoms with Crippen molar-refractivity contribution in [3.8, 4) is 5.75 Å². The number of aryl methyl sites for hydroxylation is 1. The van der Waals surface area contributed by atoms with Crippen LogP contribution in [0.15, 0.2) is 47.4 Å². The maximum atomic E-state index is 13.1. The summed E-state index contributed by atoms with van der Waals surface area (Å²) in [6, 6.07) is 11.5. The maximum absolute atomic E-state index is 13.1. The third kappa shape index (κ3) is 4.71. The van der Waals surface area contributed by atoms with E-state index in [1.54, 1.807) is 43.3 Å². The van der Waals surface area contributed by atoms with Gasteiger partial charge in [0.2, 0.25) is 15.9 Å². The zero-order valence-corrected chi connectivity index (χ0v) is 18.2. The highest BCUT2D eigenvalue weighted by Crippen LogP contribution is 2.28. The summed E-state index contributed by atoms with van der Waals surface area (Å²) in [5.74, 6) is -0.177. The third-order valence-corrected chi connectivity index (χ3v) is 7.16. The van der Waals surface area contributed by atoms with Crippen LogP contribution < -0.4 is 10.1 Å². The normalized spacial score (nSPS) is 17.4. The first-order valence-corrected chi connectivity index (χ1v) is 11.2. The highest BCUT2D eigenvalue weighted by molar-refractivity contribution is 7.89. The van der Waals surface area contributed by atoms with E-state index >= 15 is 0 Å². The lowest BCUT2D eigenvalue weighted by Gasteiger charge is -2.31. The summed E-state index contributed by atoms with van der Waals surface area (Å²) in [7, 11) is -2.18. The Labute approximate surface area is 177 Å². The number of anilines is 1. The fraction of sp³-hybridized carbons (Fsp3) is 0.364. The van der Waals surface area contributed by atoms with E-state index in [9.17, 15) is 18.0 Å². The summed E-state index contributed by atoms with van der Waals surface area (Å²) in [5, 5.41) is 2.81. The summed E-state index contributed by atoms with van der Waals surface area (Å²) >= 11 is 0. The molecule has 1 aliphatic rings. The molecule has 30 heavy (non-hydrogen) atoms. The number of amides is 1. The molecule has 1 saturated heterocycles. The van der Waals surface area contributed by atoms with Gasteiger partial charge in [-0.1, -0.05) is 12.1 Å². The Bertz CT molecular complexity index is 1060. The zero-order valence-electron chi connectivity index (χ0n) is 17.3. The van der Waals surface area contributed by atoms with Crippen molar-refractivity contribution < 1.29 is 22.7 Å². The fourth-order valence-electron chi connectivity index (χ4n) is 3.60. The molecule has 2 aromatic carbocycles. The predicted octanol–water partition coefficient (Wildman–Crippen LogP) is 3.25. The minimum absolute atomic E-state index is 0.0872. The second kappa shape index (κ2) is 8.97. The molecule has 0 bridgehead atoms. The number of ether oxygens (including phenoxy) is 1. The van der Waals surface area contributed by atoms with Gasteiger partial charge in [-0.3, -0.25) is 9.59 Å². The van der Waals surface area contributed by atoms with Crippen molar-refractivity contribution in [2.24, 2.45) is 5.92 Å². The van der Waals surface area contributed by atoms with Crippen LogP contribution >= 0.6 is 0 Å². The highest BCUT2D eigenvalue weighted by Gasteiger charge is 2.33. The van der Waals surface area contributed by atoms with Crippen molar-refractivity contribution in [2.45, 2.75) is 31.6 Å². The van der Waals surface area contributed by atoms with Gasteiger partial charge in [-0.15, -0.1) is 0 Å². The minimum atomic E-state index is -3.71. The van der Waals surface area contributed by atoms with E-state index in [-0.39, 0.29) is 23.1 Å². The van der Waals surface area contributed by atoms with Gasteiger partial charge >= 0.3 is 0 Å². The summed E-state index contributed by atoms with van der Waals surface area (Å²) in [4.78, 5) is 24.5. The smallest absolute Gasteiger partial charge is 0.243 e. The van der Waals surface area contributed by atoms with E-state index in [0.717, 1.165) is 5.56 Å². The molecule has 7 nitrogen and oxygen atoms in total. The number of nitrogens with one attached hydrogen (secondary N) is 1. The largest absolute Gasteiger partial charge is 0.496 e. The number of hydrogen-bond donors (Lipinski definition) is 1. The predicted molar refractivity (Wildman–Crippen MR) is 114 cm³/mol. The van der Waals surface area contributed by atoms with Crippen LogP contribution in [0.1, 0.15) is 35.7 Å². The van der Waals surface area contributed by atoms with Crippen LogP contribution in [0.3, 0.4) is 0 Å². The summed E-state index contributed by atoms with van der Waals surface area (Å²) in [5.41, 5.74) is 1.77. The number of Topliss-reactive ketones (excluding diaryl/α,β-unsaturated/α-hetero) is 1. The Hall–Kier alpha value is -2.71. The molecule has 1 atom stereocenters. The van der Waals surface area contributed by atoms with Crippen molar-refractivity contribution in [3.05, 3.63) is 53.6 Å². The van der Waals surface area contributed by atoms with E-state index in [4.69, 9.17) is 4.74 Å². The Morgan fingerprint density at radius 3 is 2.60 bits per heavy atom. The summed E-state index contributed by atoms with van der Waals surface area (Å²) in [6.45, 7) is 3.74. The molecule has 0 radical (unpaired) electrons. The number of ketones is 1. The molecule has 1 fully saturated rings. The van der Waals surface area contributed by atoms with Crippen LogP contribution in [0.4, 0.5) is 5.69 Å². The second-order valence-corrected chi connectivity index (χ2v) is 9.40. The number of sulfonamides is 1. The molecule has 2 aromatic rings. The first-order chi connectivity index (χ1) is 14.2. The first kappa shape index (κ1) is 22.0. The van der Waals surface area contributed by atoms with Crippen molar-refractivity contribution >= 4 is 27.4 Å². The van der Waals surface area contributed by atoms with E-state index < -0.39 is 15.9 Å². The lowest BCUT2D eigenvalue weighted by molar-refractivity contribution is -0.120. The maximum Gasteiger partial charge on any atom is 0.243 e. The molecular formula is C22H26N2O5S. The van der Waals surface area contributed by atoms with E-state index in [1.807, 2.05) is 0 Å². The number of methoxy groups -OCH3 is 1. The molecule has 160 valence electrons. The van der Waals surface area contributed by atoms with Gasteiger partial charge in [0.25, 0.3) is 0 Å². The van der Waals surface area contributed by atoms with Gasteiger partial charge in [-0.2, -0.15) is 4.31 Å². The Morgan fingerprint density at radius 2 is 1.93 bits per heavy atom. The molecule has 1 amide bonds. The van der Waals surface area contributed by atoms with E-state index in [2.05, 4.69) is 5.32 Å². The minimum Gasteiger partial charge on any atom is -0.496 e. The van der Waals surface area contributed by atoms with Crippen LogP contribution in [0.2, 0.25) is 0 Å². The molecule has 8 heteroatoms. The van der Waals surface area contributed by atoms with Crippen LogP contribution in [0.5, 0.6) is 5.75 Å². The second-order valence-electron chi connectivity index (χ2n) is 7.46. The Balaban J connectivity index is 1.74. The first-order valence-electron chi connectivity index (χ1n) is 9.79. The van der Waals surface area contributed by atoms with Crippen LogP contribution in [0.25, 0.3) is 0 Å². The molecule has 0 aromatic heterocycles. The number of piperidine rings is 1. The van der Waals surface area contributed by atoms with Crippen molar-refractivity contribution in [3.63, 3.8) is 0 Å². The highest BCUT2D eigenvalue weighted by atomic mass is 32.2. The monoisotopic (exact) mass is 430 g/mol. The molecule has 1 heterocycles. The SMILES string of the molecule is COc1ccc(S(=O)(=O)N2CCC[C@H](C(=O)Nc3cccc(C(C)=O)c3)C2)cc1C. The third-order valence-electron chi connectivity index (χ3n) is 5.30. The quantitative estimate of drug-likeness (QED) is 0.710. The van der Waals surface area contributed by atoms with Gasteiger partial charge in [0.1, 0.15) is 5.75 Å². The molecule has 0 aliphatic carbocycles. The number of nitrogens with zero attached hydrogens (tertiary/aromatic N) is 1. The summed E-state index contributed by atoms with van der Waals surface area (Å²) in [6.07, 6.45) is 1.20. The van der Waals surface area contributed by atoms with Gasteiger partial charge in [0, 0.05) is 24.3 Å². The van der Waals surface area contributed by atoms with Crippen LogP contribution in [0, 0.1) is 12.8 Å². The molecule has 0 spiro atoms. The Morgan fingerprint density at radius 1 is 1.17 bits per heavy atom. The van der Waals surface area contributed by atoms with Gasteiger partial charge in [-0.25, -0.2) is 8.42 Å². The zero-order chi connectivity index (χ0) is 21.9. The van der Waals surface area contributed by atoms with E-state index in [0.29, 0.717) is 36.4 Å². The van der Waals surface area contributed by atoms with Gasteiger partial charge in [0.05, 0.1) is 17.9 Å². The number of carbonyl (C=O) groups excluding carboxylic acids is 2. The topological polar surface area (TPSA) is 92.8 Å². The lowest BCUT2D eigenvalue weighted by Crippen LogP contribution is -2.43. The number of hydrogen-bond acceptors (Lipinski definition) is 5. The van der Waals surface area contributed by atoms with Crippen LogP contribution in [-0.4, -0.2) is 44.6 Å². The molecule has 3 rings (SSSR count). The van der Waals surface area contributed by atoms with Gasteiger partial charge in [0.15, 0.2) is 5.78 Å². The fourth-order valence-corrected chi connectivity index (χ4v) is 5.20. The molecule has 1 aliphatic heterocycles. The summed E-state index contributed by atoms with van der Waals surface area (Å²) < 4.78 is 32.8. The molecule has 0 unspecified atom stereocenters. The lowest BCUT2D eigenvalue weighted by atomic mass is 9.98. The molecule has 0 saturated carbocycles.